The minimum atomic E-state index is -0.573. The molecule has 3 N–H and O–H groups in total. The normalized spacial score (nSPS) is 14.6. The molecule has 1 fully saturated rings. The number of hydrogen-bond donors (Lipinski definition) is 3. The number of pyridine rings is 2. The van der Waals surface area contributed by atoms with Crippen LogP contribution in [0.1, 0.15) is 40.7 Å². The van der Waals surface area contributed by atoms with E-state index in [1.54, 1.807) is 6.07 Å². The van der Waals surface area contributed by atoms with Crippen LogP contribution in [0.2, 0.25) is 0 Å². The van der Waals surface area contributed by atoms with Crippen molar-refractivity contribution in [2.45, 2.75) is 25.6 Å². The lowest BCUT2D eigenvalue weighted by molar-refractivity contribution is -0.603. The molecule has 5 rings (SSSR count). The van der Waals surface area contributed by atoms with E-state index in [4.69, 9.17) is 24.4 Å². The minimum absolute atomic E-state index is 0.0665. The summed E-state index contributed by atoms with van der Waals surface area (Å²) >= 11 is 0. The first-order chi connectivity index (χ1) is 20.1. The number of hydroxylamine groups is 1. The fourth-order valence-corrected chi connectivity index (χ4v) is 4.49. The number of aliphatic hydroxyl groups excluding tert-OH is 1. The molecule has 0 aliphatic carbocycles. The number of nitrogens with one attached hydrogen (secondary N) is 2. The molecule has 10 nitrogen and oxygen atoms in total. The number of nitrogens with zero attached hydrogens (tertiary/aromatic N) is 2. The molecule has 1 saturated heterocycles. The van der Waals surface area contributed by atoms with E-state index >= 15 is 0 Å². The Morgan fingerprint density at radius 2 is 1.85 bits per heavy atom. The zero-order chi connectivity index (χ0) is 28.6. The second-order valence-corrected chi connectivity index (χ2v) is 9.37. The van der Waals surface area contributed by atoms with Crippen molar-refractivity contribution >= 4 is 22.5 Å². The van der Waals surface area contributed by atoms with Crippen LogP contribution in [0.15, 0.2) is 67.0 Å². The van der Waals surface area contributed by atoms with E-state index < -0.39 is 12.2 Å². The van der Waals surface area contributed by atoms with Crippen LogP contribution in [-0.2, 0) is 9.57 Å². The van der Waals surface area contributed by atoms with Crippen molar-refractivity contribution < 1.29 is 28.9 Å². The molecule has 4 aromatic rings. The average molecular weight is 555 g/mol. The lowest BCUT2D eigenvalue weighted by Gasteiger charge is -2.22. The highest BCUT2D eigenvalue weighted by Gasteiger charge is 2.26. The highest BCUT2D eigenvalue weighted by atomic mass is 16.8. The van der Waals surface area contributed by atoms with E-state index in [2.05, 4.69) is 22.6 Å². The van der Waals surface area contributed by atoms with Gasteiger partial charge < -0.3 is 25.1 Å². The van der Waals surface area contributed by atoms with Gasteiger partial charge in [0, 0.05) is 48.0 Å². The maximum Gasteiger partial charge on any atom is 0.279 e. The molecule has 2 aromatic heterocycles. The Hall–Kier alpha value is -4.69. The van der Waals surface area contributed by atoms with Crippen LogP contribution < -0.4 is 20.3 Å². The maximum absolute atomic E-state index is 13.4. The van der Waals surface area contributed by atoms with Crippen molar-refractivity contribution in [3.8, 4) is 28.8 Å². The van der Waals surface area contributed by atoms with Gasteiger partial charge in [-0.25, -0.2) is 15.3 Å². The van der Waals surface area contributed by atoms with Crippen LogP contribution in [0.5, 0.6) is 5.75 Å². The molecule has 1 atom stereocenters. The molecule has 41 heavy (non-hydrogen) atoms. The van der Waals surface area contributed by atoms with Crippen LogP contribution in [-0.4, -0.2) is 49.2 Å². The van der Waals surface area contributed by atoms with Crippen molar-refractivity contribution in [3.63, 3.8) is 0 Å². The number of carbonyl (C=O) groups is 1. The van der Waals surface area contributed by atoms with Crippen molar-refractivity contribution in [3.05, 3.63) is 88.9 Å². The first-order valence-electron chi connectivity index (χ1n) is 13.3. The quantitative estimate of drug-likeness (QED) is 0.131. The predicted molar refractivity (Wildman–Crippen MR) is 153 cm³/mol. The molecule has 3 heterocycles. The van der Waals surface area contributed by atoms with Gasteiger partial charge in [0.05, 0.1) is 24.6 Å². The molecular weight excluding hydrogens is 524 g/mol. The summed E-state index contributed by atoms with van der Waals surface area (Å²) in [6.07, 6.45) is 4.64. The molecule has 2 aromatic carbocycles. The number of anilines is 1. The number of ether oxygens (including phenoxy) is 2. The van der Waals surface area contributed by atoms with Gasteiger partial charge in [0.1, 0.15) is 11.3 Å². The molecule has 1 unspecified atom stereocenters. The third kappa shape index (κ3) is 6.73. The molecule has 210 valence electrons. The summed E-state index contributed by atoms with van der Waals surface area (Å²) in [5.41, 5.74) is 6.77. The lowest BCUT2D eigenvalue weighted by Crippen LogP contribution is -2.34. The van der Waals surface area contributed by atoms with E-state index in [0.717, 1.165) is 29.7 Å². The highest BCUT2D eigenvalue weighted by molar-refractivity contribution is 6.09. The molecule has 1 aliphatic rings. The number of rotatable bonds is 8. The summed E-state index contributed by atoms with van der Waals surface area (Å²) in [6.45, 7) is 1.12. The third-order valence-electron chi connectivity index (χ3n) is 6.54. The fraction of sp³-hybridized carbons (Fsp3) is 0.258. The van der Waals surface area contributed by atoms with Gasteiger partial charge in [0.2, 0.25) is 0 Å². The number of aliphatic hydroxyl groups is 1. The first-order valence-corrected chi connectivity index (χ1v) is 13.3. The van der Waals surface area contributed by atoms with E-state index in [9.17, 15) is 10.0 Å². The monoisotopic (exact) mass is 554 g/mol. The molecular formula is C31H30N4O6. The Morgan fingerprint density at radius 3 is 2.51 bits per heavy atom. The fourth-order valence-electron chi connectivity index (χ4n) is 4.49. The maximum atomic E-state index is 13.4. The molecule has 0 saturated carbocycles. The highest BCUT2D eigenvalue weighted by Crippen LogP contribution is 2.36. The molecule has 10 heteroatoms. The summed E-state index contributed by atoms with van der Waals surface area (Å²) in [5, 5.41) is 24.5. The Bertz CT molecular complexity index is 1570. The number of carbonyl (C=O) groups excluding carboxylic acids is 1. The van der Waals surface area contributed by atoms with Crippen LogP contribution in [0.25, 0.3) is 22.2 Å². The largest absolute Gasteiger partial charge is 0.619 e. The topological polar surface area (TPSA) is 129 Å². The summed E-state index contributed by atoms with van der Waals surface area (Å²) in [6, 6.07) is 16.6. The zero-order valence-electron chi connectivity index (χ0n) is 22.6. The van der Waals surface area contributed by atoms with Gasteiger partial charge >= 0.3 is 0 Å². The number of amides is 1. The van der Waals surface area contributed by atoms with E-state index in [1.807, 2.05) is 48.5 Å². The van der Waals surface area contributed by atoms with Crippen LogP contribution in [0.4, 0.5) is 5.69 Å². The Kier molecular flexibility index (Phi) is 8.91. The van der Waals surface area contributed by atoms with Crippen LogP contribution in [0.3, 0.4) is 0 Å². The first kappa shape index (κ1) is 27.9. The zero-order valence-corrected chi connectivity index (χ0v) is 22.6. The number of hydrogen-bond acceptors (Lipinski definition) is 8. The van der Waals surface area contributed by atoms with Crippen molar-refractivity contribution in [2.24, 2.45) is 0 Å². The van der Waals surface area contributed by atoms with Gasteiger partial charge in [-0.1, -0.05) is 24.0 Å². The number of benzene rings is 2. The Labute approximate surface area is 237 Å². The Morgan fingerprint density at radius 1 is 1.12 bits per heavy atom. The van der Waals surface area contributed by atoms with Crippen molar-refractivity contribution in [1.82, 2.24) is 10.5 Å². The molecule has 0 bridgehead atoms. The van der Waals surface area contributed by atoms with Gasteiger partial charge in [-0.2, -0.15) is 4.73 Å². The van der Waals surface area contributed by atoms with E-state index in [1.165, 1.54) is 19.5 Å². The summed E-state index contributed by atoms with van der Waals surface area (Å²) < 4.78 is 11.8. The van der Waals surface area contributed by atoms with Gasteiger partial charge in [-0.05, 0) is 49.2 Å². The average Bonchev–Trinajstić information content (AvgIpc) is 3.02. The number of aromatic nitrogens is 2. The Balaban J connectivity index is 1.43. The summed E-state index contributed by atoms with van der Waals surface area (Å²) in [5.74, 6) is 5.93. The third-order valence-corrected chi connectivity index (χ3v) is 6.54. The van der Waals surface area contributed by atoms with E-state index in [0.29, 0.717) is 46.5 Å². The second-order valence-electron chi connectivity index (χ2n) is 9.37. The number of methoxy groups -OCH3 is 1. The van der Waals surface area contributed by atoms with E-state index in [-0.39, 0.29) is 17.9 Å². The molecule has 1 amide bonds. The molecule has 0 radical (unpaired) electrons. The second kappa shape index (κ2) is 13.1. The molecule has 0 spiro atoms. The van der Waals surface area contributed by atoms with Gasteiger partial charge in [0.25, 0.3) is 5.91 Å². The SMILES string of the molecule is COc1c(-c2ccc(C#Cc3ccc(NCCO)cc3)cc2)nc2cc[n+]([O-])cc2c1C(=O)NOC1CCCCO1. The predicted octanol–water partition coefficient (Wildman–Crippen LogP) is 3.54. The van der Waals surface area contributed by atoms with Crippen molar-refractivity contribution in [2.75, 3.05) is 32.2 Å². The van der Waals surface area contributed by atoms with Crippen molar-refractivity contribution in [1.29, 1.82) is 0 Å². The van der Waals surface area contributed by atoms with Crippen LogP contribution in [0, 0.1) is 17.0 Å². The summed E-state index contributed by atoms with van der Waals surface area (Å²) in [7, 11) is 1.45. The standard InChI is InChI=1S/C31H30N4O6/c1-39-30-28(31(37)34-41-27-4-2-3-19-40-27)25-20-35(38)17-15-26(25)33-29(30)23-11-7-21(8-12-23)5-6-22-9-13-24(14-10-22)32-16-18-36/h7-15,17,20,27,32,36H,2-4,16,18-19H2,1H3,(H,34,37). The lowest BCUT2D eigenvalue weighted by atomic mass is 10.0. The molecule has 1 aliphatic heterocycles. The van der Waals surface area contributed by atoms with Gasteiger partial charge in [-0.15, -0.1) is 0 Å². The van der Waals surface area contributed by atoms with Crippen LogP contribution >= 0.6 is 0 Å². The smallest absolute Gasteiger partial charge is 0.279 e. The van der Waals surface area contributed by atoms with Gasteiger partial charge in [0.15, 0.2) is 24.4 Å². The summed E-state index contributed by atoms with van der Waals surface area (Å²) in [4.78, 5) is 23.6. The number of fused-ring (bicyclic) bond motifs is 1. The van der Waals surface area contributed by atoms with Gasteiger partial charge in [-0.3, -0.25) is 4.79 Å². The minimum Gasteiger partial charge on any atom is -0.619 e.